The Morgan fingerprint density at radius 2 is 1.89 bits per heavy atom. The summed E-state index contributed by atoms with van der Waals surface area (Å²) in [5, 5.41) is 8.05. The second kappa shape index (κ2) is 4.73. The molecule has 2 rings (SSSR count). The average Bonchev–Trinajstić information content (AvgIpc) is 2.65. The zero-order chi connectivity index (χ0) is 14.0. The number of hydrogen-bond acceptors (Lipinski definition) is 6. The Balaban J connectivity index is 2.31. The van der Waals surface area contributed by atoms with Crippen LogP contribution >= 0.6 is 0 Å². The molecule has 0 unspecified atom stereocenters. The number of para-hydroxylation sites is 2. The summed E-state index contributed by atoms with van der Waals surface area (Å²) in [5.41, 5.74) is 0. The third-order valence-corrected chi connectivity index (χ3v) is 3.79. The van der Waals surface area contributed by atoms with Gasteiger partial charge in [0, 0.05) is 0 Å². The molecule has 7 nitrogen and oxygen atoms in total. The number of rotatable bonds is 3. The van der Waals surface area contributed by atoms with Crippen molar-refractivity contribution in [3.8, 4) is 11.5 Å². The van der Waals surface area contributed by atoms with Crippen LogP contribution in [0.2, 0.25) is 0 Å². The van der Waals surface area contributed by atoms with Gasteiger partial charge >= 0.3 is 11.2 Å². The summed E-state index contributed by atoms with van der Waals surface area (Å²) in [7, 11) is -2.82. The first kappa shape index (κ1) is 13.1. The van der Waals surface area contributed by atoms with Gasteiger partial charge in [0.2, 0.25) is 0 Å². The van der Waals surface area contributed by atoms with Crippen LogP contribution in [0.4, 0.5) is 0 Å². The minimum Gasteiger partial charge on any atom is -0.493 e. The van der Waals surface area contributed by atoms with E-state index in [9.17, 15) is 13.2 Å². The Kier molecular flexibility index (Phi) is 3.26. The molecule has 0 aliphatic carbocycles. The molecule has 1 aromatic rings. The minimum absolute atomic E-state index is 0.132. The number of carbonyl (C=O) groups is 1. The molecular formula is C11H9NO6S. The van der Waals surface area contributed by atoms with Gasteiger partial charge < -0.3 is 14.6 Å². The number of hydrogen-bond donors (Lipinski definition) is 1. The Bertz CT molecular complexity index is 689. The van der Waals surface area contributed by atoms with Crippen LogP contribution in [0, 0.1) is 0 Å². The first-order valence-corrected chi connectivity index (χ1v) is 6.52. The van der Waals surface area contributed by atoms with E-state index in [4.69, 9.17) is 14.6 Å². The molecule has 1 aromatic carbocycles. The van der Waals surface area contributed by atoms with Gasteiger partial charge in [0.25, 0.3) is 9.84 Å². The van der Waals surface area contributed by atoms with Crippen molar-refractivity contribution < 1.29 is 27.8 Å². The summed E-state index contributed by atoms with van der Waals surface area (Å²) in [6.45, 7) is 0. The standard InChI is InChI=1S/C11H9NO6S/c1-17-7-4-2-3-5-8(7)18-11-12-6-9(10(13)14)19(11,15)16/h2-6H,1H3,(H,13,14). The van der Waals surface area contributed by atoms with Crippen molar-refractivity contribution in [2.75, 3.05) is 7.11 Å². The molecule has 0 aromatic heterocycles. The van der Waals surface area contributed by atoms with Gasteiger partial charge in [-0.2, -0.15) is 0 Å². The topological polar surface area (TPSA) is 102 Å². The van der Waals surface area contributed by atoms with E-state index in [-0.39, 0.29) is 5.75 Å². The van der Waals surface area contributed by atoms with Crippen molar-refractivity contribution >= 4 is 21.0 Å². The number of aliphatic carboxylic acids is 1. The van der Waals surface area contributed by atoms with Crippen LogP contribution in [0.25, 0.3) is 0 Å². The largest absolute Gasteiger partial charge is 0.493 e. The molecule has 1 heterocycles. The van der Waals surface area contributed by atoms with Gasteiger partial charge in [-0.3, -0.25) is 0 Å². The maximum atomic E-state index is 11.8. The fourth-order valence-electron chi connectivity index (χ4n) is 1.39. The third kappa shape index (κ3) is 2.29. The summed E-state index contributed by atoms with van der Waals surface area (Å²) in [4.78, 5) is 13.4. The van der Waals surface area contributed by atoms with Gasteiger partial charge in [0.1, 0.15) is 0 Å². The van der Waals surface area contributed by atoms with Gasteiger partial charge in [-0.1, -0.05) is 12.1 Å². The molecule has 8 heteroatoms. The van der Waals surface area contributed by atoms with Crippen molar-refractivity contribution in [2.24, 2.45) is 4.99 Å². The summed E-state index contributed by atoms with van der Waals surface area (Å²) in [6, 6.07) is 6.35. The van der Waals surface area contributed by atoms with Crippen molar-refractivity contribution in [1.82, 2.24) is 0 Å². The molecule has 19 heavy (non-hydrogen) atoms. The van der Waals surface area contributed by atoms with Crippen molar-refractivity contribution in [3.05, 3.63) is 35.4 Å². The van der Waals surface area contributed by atoms with Gasteiger partial charge in [0.05, 0.1) is 13.3 Å². The van der Waals surface area contributed by atoms with E-state index in [0.29, 0.717) is 5.75 Å². The van der Waals surface area contributed by atoms with Gasteiger partial charge in [-0.25, -0.2) is 18.2 Å². The average molecular weight is 283 g/mol. The van der Waals surface area contributed by atoms with Crippen LogP contribution in [0.1, 0.15) is 0 Å². The van der Waals surface area contributed by atoms with E-state index >= 15 is 0 Å². The molecular weight excluding hydrogens is 274 g/mol. The molecule has 0 atom stereocenters. The van der Waals surface area contributed by atoms with Crippen LogP contribution in [-0.4, -0.2) is 31.8 Å². The van der Waals surface area contributed by atoms with Crippen LogP contribution in [0.3, 0.4) is 0 Å². The highest BCUT2D eigenvalue weighted by atomic mass is 32.2. The maximum absolute atomic E-state index is 11.8. The second-order valence-corrected chi connectivity index (χ2v) is 5.25. The number of nitrogens with zero attached hydrogens (tertiary/aromatic N) is 1. The third-order valence-electron chi connectivity index (χ3n) is 2.28. The normalized spacial score (nSPS) is 16.5. The molecule has 0 spiro atoms. The highest BCUT2D eigenvalue weighted by molar-refractivity contribution is 8.10. The van der Waals surface area contributed by atoms with E-state index < -0.39 is 25.9 Å². The monoisotopic (exact) mass is 283 g/mol. The lowest BCUT2D eigenvalue weighted by molar-refractivity contribution is -0.131. The summed E-state index contributed by atoms with van der Waals surface area (Å²) < 4.78 is 33.7. The van der Waals surface area contributed by atoms with E-state index in [1.807, 2.05) is 0 Å². The second-order valence-electron chi connectivity index (χ2n) is 3.45. The van der Waals surface area contributed by atoms with E-state index in [1.165, 1.54) is 13.2 Å². The lowest BCUT2D eigenvalue weighted by Crippen LogP contribution is -2.22. The fraction of sp³-hybridized carbons (Fsp3) is 0.0909. The van der Waals surface area contributed by atoms with Crippen LogP contribution in [-0.2, 0) is 14.6 Å². The highest BCUT2D eigenvalue weighted by Crippen LogP contribution is 2.28. The Hall–Kier alpha value is -2.35. The predicted octanol–water partition coefficient (Wildman–Crippen LogP) is 0.784. The number of methoxy groups -OCH3 is 1. The predicted molar refractivity (Wildman–Crippen MR) is 65.7 cm³/mol. The van der Waals surface area contributed by atoms with E-state index in [2.05, 4.69) is 4.99 Å². The van der Waals surface area contributed by atoms with Crippen molar-refractivity contribution in [2.45, 2.75) is 0 Å². The Morgan fingerprint density at radius 1 is 1.26 bits per heavy atom. The SMILES string of the molecule is COc1ccccc1OC1=NC=C(C(=O)O)S1(=O)=O. The highest BCUT2D eigenvalue weighted by Gasteiger charge is 2.37. The van der Waals surface area contributed by atoms with Gasteiger partial charge in [-0.05, 0) is 12.1 Å². The number of aliphatic imine (C=N–C) groups is 1. The lowest BCUT2D eigenvalue weighted by Gasteiger charge is -2.09. The number of benzene rings is 1. The zero-order valence-electron chi connectivity index (χ0n) is 9.73. The zero-order valence-corrected chi connectivity index (χ0v) is 10.5. The minimum atomic E-state index is -4.22. The van der Waals surface area contributed by atoms with Crippen LogP contribution in [0.15, 0.2) is 40.4 Å². The van der Waals surface area contributed by atoms with Crippen molar-refractivity contribution in [1.29, 1.82) is 0 Å². The molecule has 100 valence electrons. The van der Waals surface area contributed by atoms with Crippen LogP contribution in [0.5, 0.6) is 11.5 Å². The smallest absolute Gasteiger partial charge is 0.349 e. The molecule has 1 aliphatic heterocycles. The van der Waals surface area contributed by atoms with Gasteiger partial charge in [-0.15, -0.1) is 0 Å². The number of ether oxygens (including phenoxy) is 2. The van der Waals surface area contributed by atoms with Crippen LogP contribution < -0.4 is 9.47 Å². The van der Waals surface area contributed by atoms with E-state index in [0.717, 1.165) is 6.20 Å². The number of carboxylic acids is 1. The Labute approximate surface area is 108 Å². The number of carboxylic acid groups (broad SMARTS) is 1. The quantitative estimate of drug-likeness (QED) is 0.879. The maximum Gasteiger partial charge on any atom is 0.349 e. The molecule has 1 aliphatic rings. The molecule has 0 saturated carbocycles. The summed E-state index contributed by atoms with van der Waals surface area (Å²) >= 11 is 0. The Morgan fingerprint density at radius 3 is 2.42 bits per heavy atom. The summed E-state index contributed by atoms with van der Waals surface area (Å²) in [6.07, 6.45) is 0.739. The number of sulfone groups is 1. The molecule has 0 bridgehead atoms. The van der Waals surface area contributed by atoms with Gasteiger partial charge in [0.15, 0.2) is 16.4 Å². The molecule has 1 N–H and O–H groups in total. The first-order chi connectivity index (χ1) is 8.96. The van der Waals surface area contributed by atoms with Crippen molar-refractivity contribution in [3.63, 3.8) is 0 Å². The lowest BCUT2D eigenvalue weighted by atomic mass is 10.3. The fourth-order valence-corrected chi connectivity index (χ4v) is 2.39. The molecule has 0 radical (unpaired) electrons. The van der Waals surface area contributed by atoms with E-state index in [1.54, 1.807) is 18.2 Å². The first-order valence-electron chi connectivity index (χ1n) is 5.04. The molecule has 0 amide bonds. The molecule has 0 saturated heterocycles. The summed E-state index contributed by atoms with van der Waals surface area (Å²) in [5.74, 6) is -1.14. The molecule has 0 fully saturated rings.